The van der Waals surface area contributed by atoms with Gasteiger partial charge in [0.15, 0.2) is 0 Å². The van der Waals surface area contributed by atoms with E-state index in [2.05, 4.69) is 161 Å². The second-order valence-corrected chi connectivity index (χ2v) is 27.4. The van der Waals surface area contributed by atoms with Gasteiger partial charge in [0.05, 0.1) is 0 Å². The van der Waals surface area contributed by atoms with Crippen molar-refractivity contribution in [2.24, 2.45) is 5.41 Å². The molecule has 0 amide bonds. The first-order chi connectivity index (χ1) is 23.8. The van der Waals surface area contributed by atoms with Crippen LogP contribution in [0, 0.1) is 24.5 Å². The van der Waals surface area contributed by atoms with Crippen LogP contribution in [0.4, 0.5) is 0 Å². The largest absolute Gasteiger partial charge is 0 e. The molecule has 7 rings (SSSR count). The maximum atomic E-state index is 4.76. The van der Waals surface area contributed by atoms with E-state index >= 15 is 0 Å². The fourth-order valence-corrected chi connectivity index (χ4v) is 11.7. The summed E-state index contributed by atoms with van der Waals surface area (Å²) in [5, 5.41) is 2.61. The summed E-state index contributed by atoms with van der Waals surface area (Å²) in [4.78, 5) is 9.35. The number of benzene rings is 4. The van der Waals surface area contributed by atoms with Crippen LogP contribution in [0.3, 0.4) is 0 Å². The van der Waals surface area contributed by atoms with Crippen molar-refractivity contribution in [3.05, 3.63) is 138 Å². The van der Waals surface area contributed by atoms with Crippen molar-refractivity contribution in [3.63, 3.8) is 0 Å². The van der Waals surface area contributed by atoms with Crippen LogP contribution < -0.4 is 4.40 Å². The molecule has 3 aromatic heterocycles. The maximum Gasteiger partial charge on any atom is 0 e. The van der Waals surface area contributed by atoms with Gasteiger partial charge in [0.2, 0.25) is 0 Å². The number of pyridine rings is 2. The Bertz CT molecular complexity index is 2240. The molecule has 0 aliphatic rings. The fourth-order valence-electron chi connectivity index (χ4n) is 6.77. The van der Waals surface area contributed by atoms with E-state index in [1.807, 2.05) is 35.7 Å². The van der Waals surface area contributed by atoms with Crippen LogP contribution in [0.2, 0.25) is 17.3 Å². The van der Waals surface area contributed by atoms with E-state index < -0.39 is 13.3 Å². The van der Waals surface area contributed by atoms with Gasteiger partial charge in [0, 0.05) is 36.6 Å². The van der Waals surface area contributed by atoms with Gasteiger partial charge in [-0.25, -0.2) is 0 Å². The van der Waals surface area contributed by atoms with Crippen LogP contribution in [0.25, 0.3) is 53.8 Å². The van der Waals surface area contributed by atoms with E-state index in [1.54, 1.807) is 0 Å². The first-order valence-corrected chi connectivity index (χ1v) is 25.8. The van der Waals surface area contributed by atoms with Gasteiger partial charge in [-0.05, 0) is 50.7 Å². The summed E-state index contributed by atoms with van der Waals surface area (Å²) in [7, 11) is 0. The Morgan fingerprint density at radius 3 is 2.14 bits per heavy atom. The number of aryl methyl sites for hydroxylation is 1. The Kier molecular flexibility index (Phi) is 12.2. The van der Waals surface area contributed by atoms with E-state index in [0.29, 0.717) is 5.92 Å². The van der Waals surface area contributed by atoms with Crippen molar-refractivity contribution in [1.29, 1.82) is 0 Å². The zero-order valence-corrected chi connectivity index (χ0v) is 36.6. The molecular formula is C46H48GeIrN2S-2. The fraction of sp³-hybridized carbons (Fsp3) is 0.261. The van der Waals surface area contributed by atoms with Gasteiger partial charge in [-0.15, -0.1) is 23.8 Å². The minimum Gasteiger partial charge on any atom is 0 e. The van der Waals surface area contributed by atoms with Gasteiger partial charge in [0.1, 0.15) is 0 Å². The summed E-state index contributed by atoms with van der Waals surface area (Å²) in [6.07, 6.45) is 5.05. The molecule has 0 atom stereocenters. The predicted molar refractivity (Wildman–Crippen MR) is 220 cm³/mol. The maximum absolute atomic E-state index is 4.76. The monoisotopic (exact) mass is 927 g/mol. The molecule has 0 bridgehead atoms. The number of rotatable bonds is 6. The summed E-state index contributed by atoms with van der Waals surface area (Å²) >= 11 is 0.111. The summed E-state index contributed by atoms with van der Waals surface area (Å²) in [5.41, 5.74) is 11.2. The molecule has 2 nitrogen and oxygen atoms in total. The normalized spacial score (nSPS) is 11.7. The van der Waals surface area contributed by atoms with Gasteiger partial charge >= 0.3 is 106 Å². The molecule has 51 heavy (non-hydrogen) atoms. The number of aromatic nitrogens is 2. The van der Waals surface area contributed by atoms with Gasteiger partial charge in [-0.2, -0.15) is 11.3 Å². The van der Waals surface area contributed by atoms with E-state index in [4.69, 9.17) is 4.98 Å². The van der Waals surface area contributed by atoms with Crippen LogP contribution in [-0.2, 0) is 26.5 Å². The Morgan fingerprint density at radius 2 is 1.49 bits per heavy atom. The van der Waals surface area contributed by atoms with Gasteiger partial charge < -0.3 is 4.98 Å². The van der Waals surface area contributed by atoms with Gasteiger partial charge in [-0.3, -0.25) is 0 Å². The molecule has 0 N–H and O–H groups in total. The third kappa shape index (κ3) is 8.98. The molecule has 0 saturated carbocycles. The second kappa shape index (κ2) is 16.1. The summed E-state index contributed by atoms with van der Waals surface area (Å²) in [6, 6.07) is 41.0. The Morgan fingerprint density at radius 1 is 0.765 bits per heavy atom. The average molecular weight is 926 g/mol. The van der Waals surface area contributed by atoms with E-state index in [0.717, 1.165) is 28.9 Å². The standard InChI is InChI=1S/C31H30NS.C15H18GeN.Ir/c1-20(2)23-14-15-25-24-12-9-13-26(27-18-21(16-17-32-27)19-31(3,4)5)29(24)33-30(25)28(23)22-10-7-6-8-11-22;1-12-10-15(13-8-6-5-7-9-13)17-11-14(12)16(2,3)4;/h6-12,14-18,20H,19H2,1-5H3;5-8,10-11H,1-4H3;/q2*-1;. The molecule has 0 aliphatic carbocycles. The molecule has 263 valence electrons. The average Bonchev–Trinajstić information content (AvgIpc) is 3.47. The Labute approximate surface area is 325 Å². The van der Waals surface area contributed by atoms with Crippen molar-refractivity contribution in [1.82, 2.24) is 9.97 Å². The molecule has 0 unspecified atom stereocenters. The molecule has 0 spiro atoms. The van der Waals surface area contributed by atoms with Crippen LogP contribution in [-0.4, -0.2) is 23.2 Å². The molecule has 7 aromatic rings. The van der Waals surface area contributed by atoms with Crippen LogP contribution in [0.1, 0.15) is 57.2 Å². The molecule has 0 saturated heterocycles. The van der Waals surface area contributed by atoms with Crippen LogP contribution >= 0.6 is 11.3 Å². The zero-order valence-electron chi connectivity index (χ0n) is 31.3. The molecule has 0 aliphatic heterocycles. The first kappa shape index (κ1) is 38.8. The number of fused-ring (bicyclic) bond motifs is 3. The van der Waals surface area contributed by atoms with Crippen molar-refractivity contribution < 1.29 is 20.1 Å². The van der Waals surface area contributed by atoms with Crippen molar-refractivity contribution in [3.8, 4) is 33.6 Å². The van der Waals surface area contributed by atoms with Crippen molar-refractivity contribution >= 4 is 49.2 Å². The van der Waals surface area contributed by atoms with Crippen LogP contribution in [0.15, 0.2) is 109 Å². The van der Waals surface area contributed by atoms with Crippen molar-refractivity contribution in [2.45, 2.75) is 71.1 Å². The first-order valence-electron chi connectivity index (χ1n) is 17.6. The molecule has 4 aromatic carbocycles. The Hall–Kier alpha value is -3.41. The third-order valence-corrected chi connectivity index (χ3v) is 14.8. The van der Waals surface area contributed by atoms with Crippen molar-refractivity contribution in [2.75, 3.05) is 0 Å². The molecule has 1 radical (unpaired) electrons. The van der Waals surface area contributed by atoms with E-state index in [9.17, 15) is 0 Å². The quantitative estimate of drug-likeness (QED) is 0.123. The second-order valence-electron chi connectivity index (χ2n) is 15.8. The minimum atomic E-state index is -1.77. The third-order valence-electron chi connectivity index (χ3n) is 9.04. The predicted octanol–water partition coefficient (Wildman–Crippen LogP) is 12.7. The minimum absolute atomic E-state index is 0. The van der Waals surface area contributed by atoms with Gasteiger partial charge in [0.25, 0.3) is 0 Å². The number of nitrogens with zero attached hydrogens (tertiary/aromatic N) is 2. The topological polar surface area (TPSA) is 25.8 Å². The van der Waals surface area contributed by atoms with Gasteiger partial charge in [-0.1, -0.05) is 94.1 Å². The number of thiophene rings is 1. The molecule has 5 heteroatoms. The zero-order chi connectivity index (χ0) is 35.6. The molecule has 3 heterocycles. The number of hydrogen-bond donors (Lipinski definition) is 0. The van der Waals surface area contributed by atoms with Crippen LogP contribution in [0.5, 0.6) is 0 Å². The summed E-state index contributed by atoms with van der Waals surface area (Å²) < 4.78 is 4.12. The SMILES string of the molecule is CC(C)c1ccc2c(sc3c(-c4cc(CC(C)(C)C)ccn4)[c-]ccc32)c1-c1ccccc1.Cc1cc(-c2[c-]cccc2)nc[c]1[Ge]([CH3])([CH3])[CH3].[Ir]. The smallest absolute Gasteiger partial charge is 0 e. The van der Waals surface area contributed by atoms with E-state index in [1.165, 1.54) is 52.4 Å². The Balaban J connectivity index is 0.000000237. The summed E-state index contributed by atoms with van der Waals surface area (Å²) in [6.45, 7) is 13.6. The number of hydrogen-bond acceptors (Lipinski definition) is 3. The van der Waals surface area contributed by atoms with E-state index in [-0.39, 0.29) is 25.5 Å². The molecular weight excluding hydrogens is 877 g/mol. The molecule has 0 fully saturated rings. The summed E-state index contributed by atoms with van der Waals surface area (Å²) in [5.74, 6) is 7.66.